The number of likely N-dealkylation sites (tertiary alicyclic amines) is 1. The summed E-state index contributed by atoms with van der Waals surface area (Å²) in [6.45, 7) is 2.98. The zero-order chi connectivity index (χ0) is 23.0. The normalized spacial score (nSPS) is 23.8. The Morgan fingerprint density at radius 1 is 1.16 bits per heavy atom. The van der Waals surface area contributed by atoms with Crippen molar-refractivity contribution >= 4 is 23.7 Å². The third kappa shape index (κ3) is 6.88. The van der Waals surface area contributed by atoms with E-state index in [2.05, 4.69) is 16.0 Å². The van der Waals surface area contributed by atoms with E-state index in [-0.39, 0.29) is 18.4 Å². The van der Waals surface area contributed by atoms with Crippen molar-refractivity contribution in [3.63, 3.8) is 0 Å². The predicted octanol–water partition coefficient (Wildman–Crippen LogP) is -1.71. The van der Waals surface area contributed by atoms with Crippen molar-refractivity contribution in [2.24, 2.45) is 5.73 Å². The van der Waals surface area contributed by atoms with Crippen molar-refractivity contribution in [3.8, 4) is 0 Å². The molecule has 0 saturated carbocycles. The van der Waals surface area contributed by atoms with E-state index in [1.165, 1.54) is 11.8 Å². The van der Waals surface area contributed by atoms with E-state index in [0.29, 0.717) is 38.8 Å². The molecule has 2 saturated heterocycles. The number of aliphatic hydroxyl groups is 1. The smallest absolute Gasteiger partial charge is 0.326 e. The van der Waals surface area contributed by atoms with Gasteiger partial charge < -0.3 is 36.8 Å². The standard InChI is InChI=1S/C20H35N5O6/c1-12(26)16(18(28)23-14(20(30)31)6-2-3-9-21)24-17(27)15-8-5-11-25(15)19(29)13-7-4-10-22-13/h12-16,22,26H,2-11,21H2,1H3,(H,23,28)(H,24,27)(H,30,31). The molecule has 2 aliphatic heterocycles. The van der Waals surface area contributed by atoms with Gasteiger partial charge in [-0.2, -0.15) is 0 Å². The van der Waals surface area contributed by atoms with Gasteiger partial charge in [-0.05, 0) is 65.0 Å². The monoisotopic (exact) mass is 441 g/mol. The first-order chi connectivity index (χ1) is 14.8. The fourth-order valence-electron chi connectivity index (χ4n) is 4.06. The summed E-state index contributed by atoms with van der Waals surface area (Å²) < 4.78 is 0. The molecule has 7 N–H and O–H groups in total. The zero-order valence-corrected chi connectivity index (χ0v) is 18.0. The van der Waals surface area contributed by atoms with Crippen molar-refractivity contribution in [1.29, 1.82) is 0 Å². The first-order valence-corrected chi connectivity index (χ1v) is 11.0. The summed E-state index contributed by atoms with van der Waals surface area (Å²) in [7, 11) is 0. The third-order valence-corrected chi connectivity index (χ3v) is 5.82. The maximum absolute atomic E-state index is 12.9. The van der Waals surface area contributed by atoms with Crippen LogP contribution in [0.25, 0.3) is 0 Å². The van der Waals surface area contributed by atoms with Gasteiger partial charge in [0.05, 0.1) is 12.1 Å². The topological polar surface area (TPSA) is 174 Å². The minimum Gasteiger partial charge on any atom is -0.480 e. The molecule has 5 atom stereocenters. The van der Waals surface area contributed by atoms with E-state index in [0.717, 1.165) is 19.4 Å². The fraction of sp³-hybridized carbons (Fsp3) is 0.800. The Morgan fingerprint density at radius 3 is 2.48 bits per heavy atom. The lowest BCUT2D eigenvalue weighted by molar-refractivity contribution is -0.144. The summed E-state index contributed by atoms with van der Waals surface area (Å²) in [5.74, 6) is -2.63. The Hall–Kier alpha value is -2.24. The number of carbonyl (C=O) groups is 4. The number of rotatable bonds is 11. The van der Waals surface area contributed by atoms with E-state index in [1.54, 1.807) is 0 Å². The van der Waals surface area contributed by atoms with Gasteiger partial charge >= 0.3 is 5.97 Å². The van der Waals surface area contributed by atoms with Crippen molar-refractivity contribution < 1.29 is 29.4 Å². The predicted molar refractivity (Wildman–Crippen MR) is 112 cm³/mol. The van der Waals surface area contributed by atoms with Crippen molar-refractivity contribution in [3.05, 3.63) is 0 Å². The maximum Gasteiger partial charge on any atom is 0.326 e. The Kier molecular flexibility index (Phi) is 9.66. The highest BCUT2D eigenvalue weighted by atomic mass is 16.4. The Labute approximate surface area is 182 Å². The van der Waals surface area contributed by atoms with Crippen molar-refractivity contribution in [1.82, 2.24) is 20.9 Å². The largest absolute Gasteiger partial charge is 0.480 e. The number of amides is 3. The van der Waals surface area contributed by atoms with Crippen LogP contribution in [-0.4, -0.2) is 88.7 Å². The molecular formula is C20H35N5O6. The van der Waals surface area contributed by atoms with E-state index in [4.69, 9.17) is 5.73 Å². The summed E-state index contributed by atoms with van der Waals surface area (Å²) in [5, 5.41) is 27.4. The molecule has 0 bridgehead atoms. The fourth-order valence-corrected chi connectivity index (χ4v) is 4.06. The second-order valence-corrected chi connectivity index (χ2v) is 8.25. The molecule has 0 radical (unpaired) electrons. The SMILES string of the molecule is CC(O)C(NC(=O)C1CCCN1C(=O)C1CCCN1)C(=O)NC(CCCCN)C(=O)O. The molecule has 2 aliphatic rings. The minimum absolute atomic E-state index is 0.126. The van der Waals surface area contributed by atoms with Crippen LogP contribution in [0, 0.1) is 0 Å². The first-order valence-electron chi connectivity index (χ1n) is 11.0. The van der Waals surface area contributed by atoms with Crippen LogP contribution in [-0.2, 0) is 19.2 Å². The summed E-state index contributed by atoms with van der Waals surface area (Å²) in [6.07, 6.45) is 2.86. The zero-order valence-electron chi connectivity index (χ0n) is 18.0. The van der Waals surface area contributed by atoms with Crippen LogP contribution < -0.4 is 21.7 Å². The second-order valence-electron chi connectivity index (χ2n) is 8.25. The van der Waals surface area contributed by atoms with Gasteiger partial charge in [-0.3, -0.25) is 14.4 Å². The summed E-state index contributed by atoms with van der Waals surface area (Å²) in [6, 6.07) is -3.49. The Balaban J connectivity index is 2.00. The van der Waals surface area contributed by atoms with Gasteiger partial charge in [0.25, 0.3) is 0 Å². The number of carboxylic acid groups (broad SMARTS) is 1. The van der Waals surface area contributed by atoms with Gasteiger partial charge in [-0.15, -0.1) is 0 Å². The second kappa shape index (κ2) is 12.0. The van der Waals surface area contributed by atoms with Crippen LogP contribution in [0.3, 0.4) is 0 Å². The molecule has 0 aliphatic carbocycles. The quantitative estimate of drug-likeness (QED) is 0.206. The highest BCUT2D eigenvalue weighted by molar-refractivity contribution is 5.94. The lowest BCUT2D eigenvalue weighted by Gasteiger charge is -2.29. The number of hydrogen-bond donors (Lipinski definition) is 6. The molecular weight excluding hydrogens is 406 g/mol. The number of aliphatic hydroxyl groups excluding tert-OH is 1. The molecule has 2 rings (SSSR count). The lowest BCUT2D eigenvalue weighted by Crippen LogP contribution is -2.59. The summed E-state index contributed by atoms with van der Waals surface area (Å²) >= 11 is 0. The molecule has 5 unspecified atom stereocenters. The molecule has 0 aromatic rings. The number of aliphatic carboxylic acids is 1. The van der Waals surface area contributed by atoms with E-state index in [1.807, 2.05) is 0 Å². The van der Waals surface area contributed by atoms with Gasteiger partial charge in [-0.1, -0.05) is 0 Å². The van der Waals surface area contributed by atoms with E-state index >= 15 is 0 Å². The van der Waals surface area contributed by atoms with Gasteiger partial charge in [0, 0.05) is 6.54 Å². The minimum atomic E-state index is -1.33. The van der Waals surface area contributed by atoms with Crippen LogP contribution >= 0.6 is 0 Å². The number of carboxylic acids is 1. The maximum atomic E-state index is 12.9. The molecule has 2 fully saturated rings. The molecule has 0 spiro atoms. The van der Waals surface area contributed by atoms with Crippen LogP contribution in [0.4, 0.5) is 0 Å². The molecule has 176 valence electrons. The van der Waals surface area contributed by atoms with Gasteiger partial charge in [0.15, 0.2) is 0 Å². The molecule has 0 aromatic carbocycles. The molecule has 2 heterocycles. The number of nitrogens with two attached hydrogens (primary N) is 1. The van der Waals surface area contributed by atoms with E-state index in [9.17, 15) is 29.4 Å². The van der Waals surface area contributed by atoms with E-state index < -0.39 is 42.0 Å². The van der Waals surface area contributed by atoms with Gasteiger partial charge in [0.1, 0.15) is 18.1 Å². The Bertz CT molecular complexity index is 652. The number of hydrogen-bond acceptors (Lipinski definition) is 7. The average molecular weight is 442 g/mol. The number of carbonyl (C=O) groups excluding carboxylic acids is 3. The van der Waals surface area contributed by atoms with Crippen LogP contribution in [0.15, 0.2) is 0 Å². The molecule has 3 amide bonds. The summed E-state index contributed by atoms with van der Waals surface area (Å²) in [4.78, 5) is 51.2. The third-order valence-electron chi connectivity index (χ3n) is 5.82. The lowest BCUT2D eigenvalue weighted by atomic mass is 10.1. The summed E-state index contributed by atoms with van der Waals surface area (Å²) in [5.41, 5.74) is 5.42. The molecule has 11 nitrogen and oxygen atoms in total. The van der Waals surface area contributed by atoms with Crippen LogP contribution in [0.5, 0.6) is 0 Å². The van der Waals surface area contributed by atoms with Crippen molar-refractivity contribution in [2.45, 2.75) is 82.1 Å². The molecule has 0 aromatic heterocycles. The average Bonchev–Trinajstić information content (AvgIpc) is 3.42. The molecule has 11 heteroatoms. The molecule has 31 heavy (non-hydrogen) atoms. The number of nitrogens with zero attached hydrogens (tertiary/aromatic N) is 1. The van der Waals surface area contributed by atoms with Gasteiger partial charge in [-0.25, -0.2) is 4.79 Å². The Morgan fingerprint density at radius 2 is 1.90 bits per heavy atom. The van der Waals surface area contributed by atoms with Crippen molar-refractivity contribution in [2.75, 3.05) is 19.6 Å². The number of nitrogens with one attached hydrogen (secondary N) is 3. The highest BCUT2D eigenvalue weighted by Crippen LogP contribution is 2.21. The first kappa shape index (κ1) is 25.0. The van der Waals surface area contributed by atoms with Crippen LogP contribution in [0.2, 0.25) is 0 Å². The van der Waals surface area contributed by atoms with Crippen LogP contribution in [0.1, 0.15) is 51.9 Å². The van der Waals surface area contributed by atoms with Gasteiger partial charge in [0.2, 0.25) is 17.7 Å². The highest BCUT2D eigenvalue weighted by Gasteiger charge is 2.39. The number of unbranched alkanes of at least 4 members (excludes halogenated alkanes) is 1.